The third kappa shape index (κ3) is 5.66. The number of rotatable bonds is 5. The molecule has 1 atom stereocenters. The van der Waals surface area contributed by atoms with Gasteiger partial charge in [0.15, 0.2) is 0 Å². The maximum Gasteiger partial charge on any atom is 0.0629 e. The van der Waals surface area contributed by atoms with E-state index in [9.17, 15) is 0 Å². The number of likely N-dealkylation sites (N-methyl/N-ethyl adjacent to an activating group) is 1. The number of hydrogen-bond donors (Lipinski definition) is 1. The van der Waals surface area contributed by atoms with Crippen LogP contribution >= 0.6 is 15.9 Å². The fourth-order valence-corrected chi connectivity index (χ4v) is 1.97. The molecule has 0 saturated heterocycles. The molecule has 0 aromatic heterocycles. The van der Waals surface area contributed by atoms with E-state index in [0.717, 1.165) is 17.5 Å². The predicted molar refractivity (Wildman–Crippen MR) is 76.4 cm³/mol. The second-order valence-corrected chi connectivity index (χ2v) is 6.06. The van der Waals surface area contributed by atoms with Gasteiger partial charge in [-0.25, -0.2) is 0 Å². The van der Waals surface area contributed by atoms with Gasteiger partial charge in [-0.15, -0.1) is 0 Å². The molecule has 0 spiro atoms. The van der Waals surface area contributed by atoms with Gasteiger partial charge >= 0.3 is 0 Å². The van der Waals surface area contributed by atoms with Gasteiger partial charge in [-0.2, -0.15) is 0 Å². The van der Waals surface area contributed by atoms with Crippen molar-refractivity contribution >= 4 is 15.9 Å². The molecular formula is C14H22BrNO. The van der Waals surface area contributed by atoms with Crippen LogP contribution in [0.5, 0.6) is 0 Å². The van der Waals surface area contributed by atoms with Crippen LogP contribution in [0.25, 0.3) is 0 Å². The Bertz CT molecular complexity index is 346. The molecule has 1 N–H and O–H groups in total. The lowest BCUT2D eigenvalue weighted by molar-refractivity contribution is -0.0135. The molecule has 0 heterocycles. The molecule has 0 amide bonds. The molecule has 3 heteroatoms. The maximum atomic E-state index is 5.82. The van der Waals surface area contributed by atoms with Gasteiger partial charge in [-0.1, -0.05) is 34.1 Å². The maximum absolute atomic E-state index is 5.82. The summed E-state index contributed by atoms with van der Waals surface area (Å²) in [6, 6.07) is 8.66. The number of benzene rings is 1. The van der Waals surface area contributed by atoms with E-state index in [1.807, 2.05) is 13.1 Å². The molecule has 0 aliphatic heterocycles. The summed E-state index contributed by atoms with van der Waals surface area (Å²) in [4.78, 5) is 0. The van der Waals surface area contributed by atoms with Crippen LogP contribution in [-0.2, 0) is 11.2 Å². The average molecular weight is 300 g/mol. The summed E-state index contributed by atoms with van der Waals surface area (Å²) in [6.45, 7) is 6.97. The minimum absolute atomic E-state index is 0.0803. The number of ether oxygens (including phenoxy) is 1. The molecular weight excluding hydrogens is 278 g/mol. The second kappa shape index (κ2) is 6.53. The SMILES string of the molecule is CNC(COC(C)(C)C)Cc1ccccc1Br. The number of nitrogens with one attached hydrogen (secondary N) is 1. The summed E-state index contributed by atoms with van der Waals surface area (Å²) in [6.07, 6.45) is 0.966. The average Bonchev–Trinajstić information content (AvgIpc) is 2.25. The van der Waals surface area contributed by atoms with Gasteiger partial charge in [0, 0.05) is 10.5 Å². The van der Waals surface area contributed by atoms with Crippen molar-refractivity contribution in [2.24, 2.45) is 0 Å². The quantitative estimate of drug-likeness (QED) is 0.900. The minimum atomic E-state index is -0.0803. The first-order valence-corrected chi connectivity index (χ1v) is 6.76. The lowest BCUT2D eigenvalue weighted by Gasteiger charge is -2.24. The van der Waals surface area contributed by atoms with Crippen LogP contribution in [-0.4, -0.2) is 25.3 Å². The molecule has 17 heavy (non-hydrogen) atoms. The summed E-state index contributed by atoms with van der Waals surface area (Å²) in [5.74, 6) is 0. The normalized spacial score (nSPS) is 13.7. The van der Waals surface area contributed by atoms with Gasteiger partial charge in [0.25, 0.3) is 0 Å². The van der Waals surface area contributed by atoms with Gasteiger partial charge in [-0.05, 0) is 45.9 Å². The van der Waals surface area contributed by atoms with Crippen molar-refractivity contribution in [3.05, 3.63) is 34.3 Å². The lowest BCUT2D eigenvalue weighted by atomic mass is 10.1. The monoisotopic (exact) mass is 299 g/mol. The van der Waals surface area contributed by atoms with Crippen LogP contribution in [0.4, 0.5) is 0 Å². The molecule has 96 valence electrons. The highest BCUT2D eigenvalue weighted by molar-refractivity contribution is 9.10. The molecule has 0 saturated carbocycles. The highest BCUT2D eigenvalue weighted by atomic mass is 79.9. The highest BCUT2D eigenvalue weighted by Crippen LogP contribution is 2.18. The fourth-order valence-electron chi connectivity index (χ4n) is 1.52. The Kier molecular flexibility index (Phi) is 5.63. The third-order valence-corrected chi connectivity index (χ3v) is 3.32. The summed E-state index contributed by atoms with van der Waals surface area (Å²) in [5.41, 5.74) is 1.23. The third-order valence-electron chi connectivity index (χ3n) is 2.55. The van der Waals surface area contributed by atoms with Crippen molar-refractivity contribution in [1.82, 2.24) is 5.32 Å². The smallest absolute Gasteiger partial charge is 0.0629 e. The summed E-state index contributed by atoms with van der Waals surface area (Å²) >= 11 is 3.58. The van der Waals surface area contributed by atoms with Crippen molar-refractivity contribution < 1.29 is 4.74 Å². The van der Waals surface area contributed by atoms with Crippen molar-refractivity contribution in [3.8, 4) is 0 Å². The van der Waals surface area contributed by atoms with E-state index in [4.69, 9.17) is 4.74 Å². The first-order valence-electron chi connectivity index (χ1n) is 5.97. The highest BCUT2D eigenvalue weighted by Gasteiger charge is 2.15. The van der Waals surface area contributed by atoms with E-state index in [-0.39, 0.29) is 5.60 Å². The molecule has 0 bridgehead atoms. The van der Waals surface area contributed by atoms with Crippen molar-refractivity contribution in [2.45, 2.75) is 38.8 Å². The van der Waals surface area contributed by atoms with Crippen LogP contribution in [0.1, 0.15) is 26.3 Å². The fraction of sp³-hybridized carbons (Fsp3) is 0.571. The molecule has 0 aliphatic carbocycles. The van der Waals surface area contributed by atoms with Crippen LogP contribution in [0.2, 0.25) is 0 Å². The molecule has 0 fully saturated rings. The van der Waals surface area contributed by atoms with E-state index < -0.39 is 0 Å². The Balaban J connectivity index is 2.56. The molecule has 1 unspecified atom stereocenters. The lowest BCUT2D eigenvalue weighted by Crippen LogP contribution is -2.36. The van der Waals surface area contributed by atoms with E-state index in [0.29, 0.717) is 6.04 Å². The zero-order valence-corrected chi connectivity index (χ0v) is 12.7. The van der Waals surface area contributed by atoms with Crippen molar-refractivity contribution in [1.29, 1.82) is 0 Å². The van der Waals surface area contributed by atoms with Gasteiger partial charge in [0.2, 0.25) is 0 Å². The summed E-state index contributed by atoms with van der Waals surface area (Å²) in [7, 11) is 1.98. The molecule has 1 rings (SSSR count). The Hall–Kier alpha value is -0.380. The van der Waals surface area contributed by atoms with Crippen LogP contribution in [0.3, 0.4) is 0 Å². The first kappa shape index (κ1) is 14.7. The Morgan fingerprint density at radius 1 is 1.29 bits per heavy atom. The van der Waals surface area contributed by atoms with Crippen molar-refractivity contribution in [2.75, 3.05) is 13.7 Å². The number of halogens is 1. The zero-order chi connectivity index (χ0) is 12.9. The standard InChI is InChI=1S/C14H22BrNO/c1-14(2,3)17-10-12(16-4)9-11-7-5-6-8-13(11)15/h5-8,12,16H,9-10H2,1-4H3. The molecule has 2 nitrogen and oxygen atoms in total. The van der Waals surface area contributed by atoms with Gasteiger partial charge < -0.3 is 10.1 Å². The minimum Gasteiger partial charge on any atom is -0.374 e. The van der Waals surface area contributed by atoms with E-state index in [1.54, 1.807) is 0 Å². The molecule has 0 aliphatic rings. The van der Waals surface area contributed by atoms with Gasteiger partial charge in [0.1, 0.15) is 0 Å². The number of hydrogen-bond acceptors (Lipinski definition) is 2. The van der Waals surface area contributed by atoms with E-state index in [1.165, 1.54) is 5.56 Å². The van der Waals surface area contributed by atoms with Crippen LogP contribution in [0, 0.1) is 0 Å². The van der Waals surface area contributed by atoms with Gasteiger partial charge in [-0.3, -0.25) is 0 Å². The summed E-state index contributed by atoms with van der Waals surface area (Å²) in [5, 5.41) is 3.30. The second-order valence-electron chi connectivity index (χ2n) is 5.20. The summed E-state index contributed by atoms with van der Waals surface area (Å²) < 4.78 is 6.98. The topological polar surface area (TPSA) is 21.3 Å². The zero-order valence-electron chi connectivity index (χ0n) is 11.1. The van der Waals surface area contributed by atoms with E-state index >= 15 is 0 Å². The van der Waals surface area contributed by atoms with Gasteiger partial charge in [0.05, 0.1) is 12.2 Å². The Labute approximate surface area is 113 Å². The van der Waals surface area contributed by atoms with Crippen molar-refractivity contribution in [3.63, 3.8) is 0 Å². The largest absolute Gasteiger partial charge is 0.374 e. The Morgan fingerprint density at radius 2 is 1.94 bits per heavy atom. The molecule has 1 aromatic carbocycles. The predicted octanol–water partition coefficient (Wildman–Crippen LogP) is 3.39. The van der Waals surface area contributed by atoms with Crippen LogP contribution in [0.15, 0.2) is 28.7 Å². The first-order chi connectivity index (χ1) is 7.92. The molecule has 0 radical (unpaired) electrons. The molecule has 1 aromatic rings. The van der Waals surface area contributed by atoms with Crippen LogP contribution < -0.4 is 5.32 Å². The van der Waals surface area contributed by atoms with E-state index in [2.05, 4.69) is 60.2 Å². The Morgan fingerprint density at radius 3 is 2.47 bits per heavy atom.